The summed E-state index contributed by atoms with van der Waals surface area (Å²) in [4.78, 5) is 60.8. The number of rotatable bonds is 5. The number of carbonyl (C=O) groups is 4. The van der Waals surface area contributed by atoms with Crippen LogP contribution in [0.3, 0.4) is 0 Å². The van der Waals surface area contributed by atoms with Crippen LogP contribution in [-0.2, 0) is 38.5 Å². The minimum absolute atomic E-state index is 0.164. The highest BCUT2D eigenvalue weighted by atomic mass is 16.6. The number of amides is 3. The molecule has 47 heavy (non-hydrogen) atoms. The van der Waals surface area contributed by atoms with Crippen LogP contribution in [0, 0.1) is 5.92 Å². The van der Waals surface area contributed by atoms with E-state index in [0.29, 0.717) is 30.9 Å². The molecule has 0 unspecified atom stereocenters. The van der Waals surface area contributed by atoms with Crippen LogP contribution < -0.4 is 4.90 Å². The first-order chi connectivity index (χ1) is 22.8. The lowest BCUT2D eigenvalue weighted by molar-refractivity contribution is -0.155. The third kappa shape index (κ3) is 5.07. The minimum atomic E-state index is -1.07. The van der Waals surface area contributed by atoms with Gasteiger partial charge >= 0.3 is 12.1 Å². The Morgan fingerprint density at radius 2 is 1.36 bits per heavy atom. The molecule has 4 atom stereocenters. The quantitative estimate of drug-likeness (QED) is 0.389. The zero-order chi connectivity index (χ0) is 32.3. The maximum absolute atomic E-state index is 15.0. The smallest absolute Gasteiger partial charge is 0.415 e. The highest BCUT2D eigenvalue weighted by Crippen LogP contribution is 2.51. The molecule has 3 heterocycles. The number of benzene rings is 3. The molecular weight excluding hydrogens is 594 g/mol. The maximum atomic E-state index is 15.0. The van der Waals surface area contributed by atoms with E-state index in [0.717, 1.165) is 54.4 Å². The van der Waals surface area contributed by atoms with Gasteiger partial charge in [-0.1, -0.05) is 72.8 Å². The van der Waals surface area contributed by atoms with Crippen molar-refractivity contribution in [1.29, 1.82) is 0 Å². The molecule has 3 fully saturated rings. The van der Waals surface area contributed by atoms with Gasteiger partial charge in [-0.3, -0.25) is 14.5 Å². The molecule has 8 rings (SSSR count). The van der Waals surface area contributed by atoms with Gasteiger partial charge in [0, 0.05) is 19.4 Å². The molecule has 242 valence electrons. The normalized spacial score (nSPS) is 29.0. The molecule has 2 saturated carbocycles. The molecule has 3 aromatic carbocycles. The molecule has 0 radical (unpaired) electrons. The van der Waals surface area contributed by atoms with E-state index in [2.05, 4.69) is 0 Å². The van der Waals surface area contributed by atoms with Crippen molar-refractivity contribution in [2.45, 2.75) is 94.1 Å². The number of hydrogen-bond acceptors (Lipinski definition) is 5. The van der Waals surface area contributed by atoms with Gasteiger partial charge in [0.15, 0.2) is 0 Å². The minimum Gasteiger partial charge on any atom is -0.480 e. The summed E-state index contributed by atoms with van der Waals surface area (Å²) in [5, 5.41) is 10.2. The number of likely N-dealkylation sites (tertiary alicyclic amines) is 1. The Kier molecular flexibility index (Phi) is 7.30. The summed E-state index contributed by atoms with van der Waals surface area (Å²) < 4.78 is 6.30. The molecule has 0 spiro atoms. The predicted octanol–water partition coefficient (Wildman–Crippen LogP) is 5.66. The van der Waals surface area contributed by atoms with Gasteiger partial charge in [0.1, 0.15) is 23.7 Å². The van der Waals surface area contributed by atoms with Crippen LogP contribution in [0.25, 0.3) is 0 Å². The van der Waals surface area contributed by atoms with Gasteiger partial charge in [0.05, 0.1) is 11.7 Å². The first-order valence-electron chi connectivity index (χ1n) is 16.9. The molecule has 0 aromatic heterocycles. The number of aliphatic carboxylic acids is 1. The molecule has 9 nitrogen and oxygen atoms in total. The summed E-state index contributed by atoms with van der Waals surface area (Å²) in [6.07, 6.45) is 5.63. The van der Waals surface area contributed by atoms with Gasteiger partial charge in [0.25, 0.3) is 0 Å². The second-order valence-electron chi connectivity index (χ2n) is 14.0. The molecule has 9 heteroatoms. The summed E-state index contributed by atoms with van der Waals surface area (Å²) in [5.74, 6) is -1.17. The lowest BCUT2D eigenvalue weighted by atomic mass is 9.93. The fourth-order valence-corrected chi connectivity index (χ4v) is 9.03. The lowest BCUT2D eigenvalue weighted by Gasteiger charge is -2.40. The van der Waals surface area contributed by atoms with E-state index in [-0.39, 0.29) is 24.8 Å². The second kappa shape index (κ2) is 11.5. The fraction of sp³-hybridized carbons (Fsp3) is 0.421. The van der Waals surface area contributed by atoms with E-state index in [4.69, 9.17) is 4.74 Å². The molecule has 1 saturated heterocycles. The topological polar surface area (TPSA) is 107 Å². The molecule has 1 N–H and O–H groups in total. The number of carboxylic acids is 1. The lowest BCUT2D eigenvalue weighted by Crippen LogP contribution is -2.58. The zero-order valence-electron chi connectivity index (χ0n) is 26.3. The third-order valence-corrected chi connectivity index (χ3v) is 11.4. The Morgan fingerprint density at radius 1 is 0.702 bits per heavy atom. The van der Waals surface area contributed by atoms with Crippen molar-refractivity contribution in [1.82, 2.24) is 9.80 Å². The first-order valence-corrected chi connectivity index (χ1v) is 16.9. The van der Waals surface area contributed by atoms with Crippen LogP contribution in [0.2, 0.25) is 0 Å². The van der Waals surface area contributed by atoms with E-state index in [9.17, 15) is 19.5 Å². The van der Waals surface area contributed by atoms with Gasteiger partial charge in [-0.25, -0.2) is 9.59 Å². The van der Waals surface area contributed by atoms with Gasteiger partial charge in [-0.15, -0.1) is 0 Å². The van der Waals surface area contributed by atoms with Gasteiger partial charge in [-0.05, 0) is 79.2 Å². The van der Waals surface area contributed by atoms with Crippen molar-refractivity contribution in [2.75, 3.05) is 4.90 Å². The number of carboxylic acid groups (broad SMARTS) is 1. The van der Waals surface area contributed by atoms with E-state index in [1.54, 1.807) is 4.90 Å². The number of carbonyl (C=O) groups excluding carboxylic acids is 3. The van der Waals surface area contributed by atoms with Crippen LogP contribution in [0.1, 0.15) is 73.2 Å². The zero-order valence-corrected chi connectivity index (χ0v) is 26.3. The number of hydrogen-bond donors (Lipinski definition) is 1. The number of fused-ring (bicyclic) bond motifs is 4. The highest BCUT2D eigenvalue weighted by molar-refractivity contribution is 6.02. The molecule has 3 amide bonds. The molecule has 2 aliphatic carbocycles. The summed E-state index contributed by atoms with van der Waals surface area (Å²) in [7, 11) is 0. The Labute approximate surface area is 274 Å². The van der Waals surface area contributed by atoms with Gasteiger partial charge in [0.2, 0.25) is 11.8 Å². The van der Waals surface area contributed by atoms with Crippen LogP contribution in [-0.4, -0.2) is 62.5 Å². The highest BCUT2D eigenvalue weighted by Gasteiger charge is 2.53. The molecular formula is C38H39N3O6. The van der Waals surface area contributed by atoms with E-state index >= 15 is 4.79 Å². The largest absolute Gasteiger partial charge is 0.480 e. The average molecular weight is 634 g/mol. The number of nitrogens with zero attached hydrogens (tertiary/aromatic N) is 3. The van der Waals surface area contributed by atoms with Crippen LogP contribution >= 0.6 is 0 Å². The van der Waals surface area contributed by atoms with Crippen molar-refractivity contribution in [2.24, 2.45) is 5.92 Å². The fourth-order valence-electron chi connectivity index (χ4n) is 9.03. The summed E-state index contributed by atoms with van der Waals surface area (Å²) in [5.41, 5.74) is 3.81. The van der Waals surface area contributed by atoms with Crippen molar-refractivity contribution in [3.8, 4) is 0 Å². The Morgan fingerprint density at radius 3 is 2.06 bits per heavy atom. The average Bonchev–Trinajstić information content (AvgIpc) is 3.89. The van der Waals surface area contributed by atoms with Gasteiger partial charge < -0.3 is 19.6 Å². The van der Waals surface area contributed by atoms with Gasteiger partial charge in [-0.2, -0.15) is 0 Å². The summed E-state index contributed by atoms with van der Waals surface area (Å²) in [6.45, 7) is 0.164. The standard InChI is InChI=1S/C38H39N3O6/c42-34(39-23-28-12-5-4-10-26(28)20-33(39)36(44)45)31-15-14-30(25-8-2-1-3-9-25)40(31)35(43)32-21-27-11-6-7-13-29(27)41(32)37(46)47-38-18-16-24(22-38)17-19-38/h1-13,24,30-33H,14-23H2,(H,44,45)/t24?,30-,31+,32+,33+,38?/m0/s1. The Hall–Kier alpha value is -4.66. The van der Waals surface area contributed by atoms with Crippen molar-refractivity contribution < 1.29 is 29.0 Å². The van der Waals surface area contributed by atoms with Crippen molar-refractivity contribution >= 4 is 29.6 Å². The van der Waals surface area contributed by atoms with E-state index in [1.165, 1.54) is 9.80 Å². The molecule has 5 aliphatic rings. The van der Waals surface area contributed by atoms with E-state index in [1.807, 2.05) is 78.9 Å². The Balaban J connectivity index is 1.14. The van der Waals surface area contributed by atoms with Crippen LogP contribution in [0.15, 0.2) is 78.9 Å². The molecule has 3 aromatic rings. The van der Waals surface area contributed by atoms with Crippen LogP contribution in [0.5, 0.6) is 0 Å². The van der Waals surface area contributed by atoms with Crippen molar-refractivity contribution in [3.05, 3.63) is 101 Å². The molecule has 2 bridgehead atoms. The maximum Gasteiger partial charge on any atom is 0.415 e. The first kappa shape index (κ1) is 29.7. The SMILES string of the molecule is O=C(O)[C@H]1Cc2ccccc2CN1C(=O)[C@H]1CC[C@@H](c2ccccc2)N1C(=O)[C@H]1Cc2ccccc2N1C(=O)OC12CCC(CC1)C2. The number of para-hydroxylation sites is 1. The molecule has 3 aliphatic heterocycles. The number of ether oxygens (including phenoxy) is 1. The van der Waals surface area contributed by atoms with Crippen molar-refractivity contribution in [3.63, 3.8) is 0 Å². The van der Waals surface area contributed by atoms with E-state index < -0.39 is 41.8 Å². The summed E-state index contributed by atoms with van der Waals surface area (Å²) >= 11 is 0. The monoisotopic (exact) mass is 633 g/mol. The summed E-state index contributed by atoms with van der Waals surface area (Å²) in [6, 6.07) is 21.6. The predicted molar refractivity (Wildman–Crippen MR) is 173 cm³/mol. The number of anilines is 1. The second-order valence-corrected chi connectivity index (χ2v) is 14.0. The third-order valence-electron chi connectivity index (χ3n) is 11.4. The van der Waals surface area contributed by atoms with Crippen LogP contribution in [0.4, 0.5) is 10.5 Å². The Bertz CT molecular complexity index is 1730.